The number of morpholine rings is 1. The molecule has 1 saturated heterocycles. The van der Waals surface area contributed by atoms with Gasteiger partial charge in [0.2, 0.25) is 0 Å². The zero-order valence-electron chi connectivity index (χ0n) is 13.6. The van der Waals surface area contributed by atoms with Crippen LogP contribution in [-0.4, -0.2) is 53.7 Å². The summed E-state index contributed by atoms with van der Waals surface area (Å²) in [6.45, 7) is 4.48. The van der Waals surface area contributed by atoms with Crippen LogP contribution in [0.25, 0.3) is 0 Å². The van der Waals surface area contributed by atoms with Crippen molar-refractivity contribution in [1.82, 2.24) is 14.9 Å². The highest BCUT2D eigenvalue weighted by Gasteiger charge is 2.11. The van der Waals surface area contributed by atoms with E-state index in [4.69, 9.17) is 4.74 Å². The summed E-state index contributed by atoms with van der Waals surface area (Å²) in [7, 11) is 0. The van der Waals surface area contributed by atoms with Crippen LogP contribution in [0.5, 0.6) is 0 Å². The molecule has 0 atom stereocenters. The topological polar surface area (TPSA) is 67.4 Å². The zero-order valence-corrected chi connectivity index (χ0v) is 14.4. The number of aldehydes is 1. The molecule has 0 radical (unpaired) electrons. The molecule has 0 unspecified atom stereocenters. The average molecular weight is 344 g/mol. The van der Waals surface area contributed by atoms with Crippen LogP contribution in [-0.2, 0) is 11.3 Å². The Bertz CT molecular complexity index is 687. The van der Waals surface area contributed by atoms with E-state index in [-0.39, 0.29) is 0 Å². The molecule has 7 heteroatoms. The molecule has 6 nitrogen and oxygen atoms in total. The molecule has 1 aliphatic rings. The standard InChI is InChI=1S/C17H20N4O2S/c1-24-17-18-10-14(12-22)16(20-17)19-15-4-2-13(3-5-15)11-21-6-8-23-9-7-21/h2-5,10,12H,6-9,11H2,1H3,(H,18,19,20). The molecule has 2 heterocycles. The van der Waals surface area contributed by atoms with Gasteiger partial charge in [-0.25, -0.2) is 9.97 Å². The number of benzene rings is 1. The highest BCUT2D eigenvalue weighted by atomic mass is 32.2. The normalized spacial score (nSPS) is 15.2. The quantitative estimate of drug-likeness (QED) is 0.491. The van der Waals surface area contributed by atoms with Gasteiger partial charge in [0.25, 0.3) is 0 Å². The lowest BCUT2D eigenvalue weighted by molar-refractivity contribution is 0.0342. The van der Waals surface area contributed by atoms with Crippen LogP contribution in [0.15, 0.2) is 35.6 Å². The molecular formula is C17H20N4O2S. The summed E-state index contributed by atoms with van der Waals surface area (Å²) in [6.07, 6.45) is 4.21. The molecule has 0 bridgehead atoms. The van der Waals surface area contributed by atoms with Gasteiger partial charge in [-0.15, -0.1) is 0 Å². The number of rotatable bonds is 6. The summed E-state index contributed by atoms with van der Waals surface area (Å²) in [5.74, 6) is 0.533. The van der Waals surface area contributed by atoms with Crippen LogP contribution >= 0.6 is 11.8 Å². The molecule has 3 rings (SSSR count). The molecule has 2 aromatic rings. The van der Waals surface area contributed by atoms with Crippen molar-refractivity contribution < 1.29 is 9.53 Å². The van der Waals surface area contributed by atoms with E-state index < -0.39 is 0 Å². The number of thioether (sulfide) groups is 1. The summed E-state index contributed by atoms with van der Waals surface area (Å²) in [5, 5.41) is 3.83. The third kappa shape index (κ3) is 4.31. The van der Waals surface area contributed by atoms with Crippen molar-refractivity contribution in [3.8, 4) is 0 Å². The maximum absolute atomic E-state index is 11.2. The Balaban J connectivity index is 1.68. The van der Waals surface area contributed by atoms with Crippen molar-refractivity contribution in [2.45, 2.75) is 11.7 Å². The van der Waals surface area contributed by atoms with Gasteiger partial charge in [-0.3, -0.25) is 9.69 Å². The van der Waals surface area contributed by atoms with Crippen LogP contribution in [0.1, 0.15) is 15.9 Å². The Labute approximate surface area is 145 Å². The fraction of sp³-hybridized carbons (Fsp3) is 0.353. The van der Waals surface area contributed by atoms with Crippen LogP contribution < -0.4 is 5.32 Å². The predicted octanol–water partition coefficient (Wildman–Crippen LogP) is 2.59. The summed E-state index contributed by atoms with van der Waals surface area (Å²) in [4.78, 5) is 22.0. The molecule has 1 N–H and O–H groups in total. The number of hydrogen-bond acceptors (Lipinski definition) is 7. The highest BCUT2D eigenvalue weighted by Crippen LogP contribution is 2.21. The average Bonchev–Trinajstić information content (AvgIpc) is 2.64. The lowest BCUT2D eigenvalue weighted by atomic mass is 10.2. The predicted molar refractivity (Wildman–Crippen MR) is 95.0 cm³/mol. The lowest BCUT2D eigenvalue weighted by Gasteiger charge is -2.26. The van der Waals surface area contributed by atoms with E-state index in [1.165, 1.54) is 17.3 Å². The number of hydrogen-bond donors (Lipinski definition) is 1. The van der Waals surface area contributed by atoms with E-state index in [2.05, 4.69) is 32.3 Å². The SMILES string of the molecule is CSc1ncc(C=O)c(Nc2ccc(CN3CCOCC3)cc2)n1. The van der Waals surface area contributed by atoms with E-state index in [0.717, 1.165) is 44.8 Å². The van der Waals surface area contributed by atoms with Gasteiger partial charge in [-0.1, -0.05) is 23.9 Å². The molecule has 24 heavy (non-hydrogen) atoms. The molecule has 1 aliphatic heterocycles. The molecule has 0 spiro atoms. The molecule has 0 saturated carbocycles. The van der Waals surface area contributed by atoms with Crippen LogP contribution in [0.2, 0.25) is 0 Å². The van der Waals surface area contributed by atoms with E-state index in [0.29, 0.717) is 16.5 Å². The second-order valence-electron chi connectivity index (χ2n) is 5.49. The smallest absolute Gasteiger partial charge is 0.189 e. The fourth-order valence-electron chi connectivity index (χ4n) is 2.51. The number of aromatic nitrogens is 2. The van der Waals surface area contributed by atoms with Crippen molar-refractivity contribution >= 4 is 29.6 Å². The number of nitrogens with zero attached hydrogens (tertiary/aromatic N) is 3. The molecule has 0 amide bonds. The number of nitrogens with one attached hydrogen (secondary N) is 1. The van der Waals surface area contributed by atoms with Crippen LogP contribution in [0.3, 0.4) is 0 Å². The first-order valence-electron chi connectivity index (χ1n) is 7.81. The van der Waals surface area contributed by atoms with E-state index in [1.807, 2.05) is 18.4 Å². The molecule has 1 aromatic carbocycles. The van der Waals surface area contributed by atoms with Gasteiger partial charge in [0, 0.05) is 31.5 Å². The summed E-state index contributed by atoms with van der Waals surface area (Å²) < 4.78 is 5.37. The molecular weight excluding hydrogens is 324 g/mol. The van der Waals surface area contributed by atoms with Crippen molar-refractivity contribution in [2.75, 3.05) is 37.9 Å². The Kier molecular flexibility index (Phi) is 5.79. The third-order valence-corrected chi connectivity index (χ3v) is 4.39. The number of carbonyl (C=O) groups excluding carboxylic acids is 1. The van der Waals surface area contributed by atoms with Gasteiger partial charge in [-0.2, -0.15) is 0 Å². The second kappa shape index (κ2) is 8.23. The largest absolute Gasteiger partial charge is 0.379 e. The molecule has 1 aromatic heterocycles. The Morgan fingerprint density at radius 1 is 1.29 bits per heavy atom. The maximum atomic E-state index is 11.2. The zero-order chi connectivity index (χ0) is 16.8. The Morgan fingerprint density at radius 3 is 2.71 bits per heavy atom. The van der Waals surface area contributed by atoms with Crippen LogP contribution in [0.4, 0.5) is 11.5 Å². The minimum Gasteiger partial charge on any atom is -0.379 e. The first-order chi connectivity index (χ1) is 11.8. The van der Waals surface area contributed by atoms with Crippen molar-refractivity contribution in [3.63, 3.8) is 0 Å². The van der Waals surface area contributed by atoms with E-state index >= 15 is 0 Å². The number of carbonyl (C=O) groups is 1. The van der Waals surface area contributed by atoms with E-state index in [9.17, 15) is 4.79 Å². The van der Waals surface area contributed by atoms with Gasteiger partial charge < -0.3 is 10.1 Å². The van der Waals surface area contributed by atoms with Gasteiger partial charge in [0.05, 0.1) is 18.8 Å². The minimum atomic E-state index is 0.449. The first kappa shape index (κ1) is 16.9. The highest BCUT2D eigenvalue weighted by molar-refractivity contribution is 7.98. The Hall–Kier alpha value is -1.96. The fourth-order valence-corrected chi connectivity index (χ4v) is 2.85. The van der Waals surface area contributed by atoms with Gasteiger partial charge >= 0.3 is 0 Å². The molecule has 1 fully saturated rings. The maximum Gasteiger partial charge on any atom is 0.189 e. The number of anilines is 2. The summed E-state index contributed by atoms with van der Waals surface area (Å²) >= 11 is 1.44. The van der Waals surface area contributed by atoms with Crippen molar-refractivity contribution in [2.24, 2.45) is 0 Å². The van der Waals surface area contributed by atoms with Crippen molar-refractivity contribution in [3.05, 3.63) is 41.6 Å². The van der Waals surface area contributed by atoms with Gasteiger partial charge in [0.15, 0.2) is 11.4 Å². The van der Waals surface area contributed by atoms with Gasteiger partial charge in [0.1, 0.15) is 5.82 Å². The summed E-state index contributed by atoms with van der Waals surface area (Å²) in [5.41, 5.74) is 2.60. The first-order valence-corrected chi connectivity index (χ1v) is 9.03. The third-order valence-electron chi connectivity index (χ3n) is 3.83. The molecule has 126 valence electrons. The molecule has 0 aliphatic carbocycles. The van der Waals surface area contributed by atoms with Gasteiger partial charge in [-0.05, 0) is 24.0 Å². The van der Waals surface area contributed by atoms with E-state index in [1.54, 1.807) is 6.20 Å². The minimum absolute atomic E-state index is 0.449. The monoisotopic (exact) mass is 344 g/mol. The second-order valence-corrected chi connectivity index (χ2v) is 6.26. The van der Waals surface area contributed by atoms with Crippen molar-refractivity contribution in [1.29, 1.82) is 0 Å². The number of ether oxygens (including phenoxy) is 1. The Morgan fingerprint density at radius 2 is 2.04 bits per heavy atom. The van der Waals surface area contributed by atoms with Crippen LogP contribution in [0, 0.1) is 0 Å². The lowest BCUT2D eigenvalue weighted by Crippen LogP contribution is -2.35. The summed E-state index contributed by atoms with van der Waals surface area (Å²) in [6, 6.07) is 8.20.